The molecule has 118 valence electrons. The molecule has 0 atom stereocenters. The van der Waals surface area contributed by atoms with Crippen molar-refractivity contribution in [2.24, 2.45) is 0 Å². The fourth-order valence-corrected chi connectivity index (χ4v) is 2.46. The zero-order chi connectivity index (χ0) is 17.1. The van der Waals surface area contributed by atoms with Gasteiger partial charge in [-0.3, -0.25) is 0 Å². The largest absolute Gasteiger partial charge is 0.423 e. The van der Waals surface area contributed by atoms with Crippen LogP contribution in [0.1, 0.15) is 0 Å². The summed E-state index contributed by atoms with van der Waals surface area (Å²) < 4.78 is 10.6. The van der Waals surface area contributed by atoms with Crippen LogP contribution in [0, 0.1) is 0 Å². The van der Waals surface area contributed by atoms with Crippen LogP contribution in [-0.2, 0) is 9.59 Å². The number of carbonyl (C=O) groups excluding carboxylic acids is 2. The molecule has 4 nitrogen and oxygen atoms in total. The van der Waals surface area contributed by atoms with Crippen molar-refractivity contribution in [3.8, 4) is 11.5 Å². The monoisotopic (exact) mass is 318 g/mol. The minimum Gasteiger partial charge on any atom is -0.423 e. The zero-order valence-corrected chi connectivity index (χ0v) is 12.8. The van der Waals surface area contributed by atoms with E-state index in [1.54, 1.807) is 12.1 Å². The molecule has 0 spiro atoms. The van der Waals surface area contributed by atoms with Crippen molar-refractivity contribution in [1.82, 2.24) is 0 Å². The standard InChI is InChI=1S/C20H14O4/c1-3-19(21)23-17-9-10-18(24-20(22)4-2)16-12-14-8-6-5-7-13(14)11-15(16)17/h3-12H,1-2H2. The summed E-state index contributed by atoms with van der Waals surface area (Å²) in [6.45, 7) is 6.80. The molecule has 0 saturated heterocycles. The molecule has 0 bridgehead atoms. The minimum absolute atomic E-state index is 0.374. The van der Waals surface area contributed by atoms with Gasteiger partial charge in [-0.25, -0.2) is 9.59 Å². The van der Waals surface area contributed by atoms with Crippen molar-refractivity contribution < 1.29 is 19.1 Å². The molecule has 0 heterocycles. The Morgan fingerprint density at radius 1 is 0.750 bits per heavy atom. The van der Waals surface area contributed by atoms with Gasteiger partial charge < -0.3 is 9.47 Å². The second kappa shape index (κ2) is 6.38. The Bertz CT molecular complexity index is 906. The van der Waals surface area contributed by atoms with Gasteiger partial charge in [-0.1, -0.05) is 37.4 Å². The highest BCUT2D eigenvalue weighted by molar-refractivity contribution is 6.05. The molecular weight excluding hydrogens is 304 g/mol. The van der Waals surface area contributed by atoms with Gasteiger partial charge in [0.1, 0.15) is 11.5 Å². The molecule has 4 heteroatoms. The molecule has 24 heavy (non-hydrogen) atoms. The fraction of sp³-hybridized carbons (Fsp3) is 0. The number of carbonyl (C=O) groups is 2. The van der Waals surface area contributed by atoms with Crippen LogP contribution in [-0.4, -0.2) is 11.9 Å². The topological polar surface area (TPSA) is 52.6 Å². The number of benzene rings is 3. The van der Waals surface area contributed by atoms with Crippen LogP contribution in [0.3, 0.4) is 0 Å². The predicted molar refractivity (Wildman–Crippen MR) is 93.1 cm³/mol. The first kappa shape index (κ1) is 15.5. The van der Waals surface area contributed by atoms with Crippen molar-refractivity contribution >= 4 is 33.5 Å². The highest BCUT2D eigenvalue weighted by atomic mass is 16.5. The lowest BCUT2D eigenvalue weighted by Crippen LogP contribution is -2.06. The van der Waals surface area contributed by atoms with E-state index in [4.69, 9.17) is 9.47 Å². The Balaban J connectivity index is 2.26. The van der Waals surface area contributed by atoms with Gasteiger partial charge in [-0.05, 0) is 35.0 Å². The number of ether oxygens (including phenoxy) is 2. The quantitative estimate of drug-likeness (QED) is 0.313. The number of hydrogen-bond acceptors (Lipinski definition) is 4. The molecule has 0 N–H and O–H groups in total. The molecule has 0 aliphatic heterocycles. The van der Waals surface area contributed by atoms with E-state index in [-0.39, 0.29) is 0 Å². The summed E-state index contributed by atoms with van der Waals surface area (Å²) in [5.41, 5.74) is 0. The normalized spacial score (nSPS) is 10.3. The van der Waals surface area contributed by atoms with E-state index in [9.17, 15) is 9.59 Å². The number of fused-ring (bicyclic) bond motifs is 2. The Morgan fingerprint density at radius 3 is 1.54 bits per heavy atom. The van der Waals surface area contributed by atoms with E-state index >= 15 is 0 Å². The van der Waals surface area contributed by atoms with Crippen molar-refractivity contribution in [2.45, 2.75) is 0 Å². The maximum atomic E-state index is 11.6. The van der Waals surface area contributed by atoms with Gasteiger partial charge in [0.25, 0.3) is 0 Å². The van der Waals surface area contributed by atoms with Crippen molar-refractivity contribution in [1.29, 1.82) is 0 Å². The SMILES string of the molecule is C=CC(=O)Oc1ccc(OC(=O)C=C)c2cc3ccccc3cc12. The Kier molecular flexibility index (Phi) is 4.12. The van der Waals surface area contributed by atoms with Gasteiger partial charge >= 0.3 is 11.9 Å². The number of hydrogen-bond donors (Lipinski definition) is 0. The van der Waals surface area contributed by atoms with Crippen molar-refractivity contribution in [2.75, 3.05) is 0 Å². The highest BCUT2D eigenvalue weighted by Crippen LogP contribution is 2.36. The lowest BCUT2D eigenvalue weighted by atomic mass is 10.0. The first-order valence-corrected chi connectivity index (χ1v) is 7.26. The first-order chi connectivity index (χ1) is 11.6. The fourth-order valence-electron chi connectivity index (χ4n) is 2.46. The molecule has 3 aromatic rings. The summed E-state index contributed by atoms with van der Waals surface area (Å²) in [5.74, 6) is -0.362. The van der Waals surface area contributed by atoms with Gasteiger partial charge in [0.2, 0.25) is 0 Å². The zero-order valence-electron chi connectivity index (χ0n) is 12.8. The van der Waals surface area contributed by atoms with Gasteiger partial charge in [0.15, 0.2) is 0 Å². The Labute approximate surface area is 138 Å². The van der Waals surface area contributed by atoms with E-state index in [1.165, 1.54) is 0 Å². The third-order valence-electron chi connectivity index (χ3n) is 3.56. The van der Waals surface area contributed by atoms with E-state index in [0.717, 1.165) is 22.9 Å². The first-order valence-electron chi connectivity index (χ1n) is 7.26. The summed E-state index contributed by atoms with van der Waals surface area (Å²) in [4.78, 5) is 23.1. The smallest absolute Gasteiger partial charge is 0.335 e. The van der Waals surface area contributed by atoms with E-state index in [1.807, 2.05) is 36.4 Å². The molecular formula is C20H14O4. The van der Waals surface area contributed by atoms with Crippen LogP contribution in [0.2, 0.25) is 0 Å². The number of rotatable bonds is 4. The average Bonchev–Trinajstić information content (AvgIpc) is 2.62. The molecule has 0 aliphatic rings. The van der Waals surface area contributed by atoms with Gasteiger partial charge in [-0.2, -0.15) is 0 Å². The Hall–Kier alpha value is -3.40. The maximum absolute atomic E-state index is 11.6. The third kappa shape index (κ3) is 2.90. The summed E-state index contributed by atoms with van der Waals surface area (Å²) in [7, 11) is 0. The molecule has 0 aliphatic carbocycles. The maximum Gasteiger partial charge on any atom is 0.335 e. The lowest BCUT2D eigenvalue weighted by Gasteiger charge is -2.12. The molecule has 0 radical (unpaired) electrons. The molecule has 0 aromatic heterocycles. The molecule has 0 fully saturated rings. The van der Waals surface area contributed by atoms with Gasteiger partial charge in [0.05, 0.1) is 0 Å². The molecule has 3 aromatic carbocycles. The lowest BCUT2D eigenvalue weighted by molar-refractivity contribution is -0.129. The van der Waals surface area contributed by atoms with E-state index in [2.05, 4.69) is 13.2 Å². The average molecular weight is 318 g/mol. The second-order valence-electron chi connectivity index (χ2n) is 5.06. The minimum atomic E-state index is -0.555. The summed E-state index contributed by atoms with van der Waals surface area (Å²) in [6.07, 6.45) is 2.19. The predicted octanol–water partition coefficient (Wildman–Crippen LogP) is 4.18. The van der Waals surface area contributed by atoms with Crippen LogP contribution in [0.5, 0.6) is 11.5 Å². The molecule has 0 amide bonds. The molecule has 3 rings (SSSR count). The van der Waals surface area contributed by atoms with Crippen LogP contribution in [0.25, 0.3) is 21.5 Å². The van der Waals surface area contributed by atoms with Gasteiger partial charge in [-0.15, -0.1) is 0 Å². The number of esters is 2. The third-order valence-corrected chi connectivity index (χ3v) is 3.56. The summed E-state index contributed by atoms with van der Waals surface area (Å²) >= 11 is 0. The molecule has 0 unspecified atom stereocenters. The van der Waals surface area contributed by atoms with Crippen LogP contribution in [0.4, 0.5) is 0 Å². The van der Waals surface area contributed by atoms with Crippen LogP contribution in [0.15, 0.2) is 73.8 Å². The Morgan fingerprint density at radius 2 is 1.17 bits per heavy atom. The summed E-state index contributed by atoms with van der Waals surface area (Å²) in [6, 6.07) is 14.7. The van der Waals surface area contributed by atoms with Gasteiger partial charge in [0, 0.05) is 22.9 Å². The van der Waals surface area contributed by atoms with Crippen molar-refractivity contribution in [3.05, 3.63) is 73.8 Å². The second-order valence-corrected chi connectivity index (χ2v) is 5.06. The van der Waals surface area contributed by atoms with Crippen molar-refractivity contribution in [3.63, 3.8) is 0 Å². The highest BCUT2D eigenvalue weighted by Gasteiger charge is 2.13. The molecule has 0 saturated carbocycles. The van der Waals surface area contributed by atoms with E-state index < -0.39 is 11.9 Å². The van der Waals surface area contributed by atoms with E-state index in [0.29, 0.717) is 22.3 Å². The van der Waals surface area contributed by atoms with Crippen LogP contribution >= 0.6 is 0 Å². The van der Waals surface area contributed by atoms with Crippen LogP contribution < -0.4 is 9.47 Å². The summed E-state index contributed by atoms with van der Waals surface area (Å²) in [5, 5.41) is 3.29.